The highest BCUT2D eigenvalue weighted by atomic mass is 79.9. The molecule has 7 nitrogen and oxygen atoms in total. The first-order chi connectivity index (χ1) is 13.5. The highest BCUT2D eigenvalue weighted by Crippen LogP contribution is 2.47. The van der Waals surface area contributed by atoms with Crippen LogP contribution in [0.15, 0.2) is 35.1 Å². The topological polar surface area (TPSA) is 75.0 Å². The Hall–Kier alpha value is -2.87. The molecule has 0 saturated carbocycles. The quantitative estimate of drug-likeness (QED) is 0.607. The van der Waals surface area contributed by atoms with Gasteiger partial charge in [-0.05, 0) is 40.2 Å². The maximum atomic E-state index is 10.8. The van der Waals surface area contributed by atoms with Crippen LogP contribution in [0.3, 0.4) is 0 Å². The van der Waals surface area contributed by atoms with Gasteiger partial charge in [0.1, 0.15) is 16.0 Å². The van der Waals surface area contributed by atoms with E-state index in [1.54, 1.807) is 32.7 Å². The second-order valence-electron chi connectivity index (χ2n) is 5.94. The molecule has 1 N–H and O–H groups in total. The van der Waals surface area contributed by atoms with E-state index in [0.29, 0.717) is 38.7 Å². The molecule has 0 amide bonds. The van der Waals surface area contributed by atoms with Crippen molar-refractivity contribution in [3.05, 3.63) is 35.1 Å². The van der Waals surface area contributed by atoms with E-state index in [9.17, 15) is 5.11 Å². The predicted molar refractivity (Wildman–Crippen MR) is 110 cm³/mol. The molecule has 0 spiro atoms. The Kier molecular flexibility index (Phi) is 5.69. The number of imidazole rings is 1. The Morgan fingerprint density at radius 1 is 0.929 bits per heavy atom. The van der Waals surface area contributed by atoms with E-state index in [0.717, 1.165) is 5.56 Å². The summed E-state index contributed by atoms with van der Waals surface area (Å²) in [6, 6.07) is 7.23. The standard InChI is InChI=1S/C20H21BrN2O5/c1-23-10-22-17(11-8-14(26-3)16(21)15(9-11)27-4)18(23)12-6-7-13(25-2)20(28-5)19(12)24/h6-10,24H,1-5H3. The number of hydrogen-bond donors (Lipinski definition) is 1. The van der Waals surface area contributed by atoms with Crippen molar-refractivity contribution in [2.24, 2.45) is 7.05 Å². The number of hydrogen-bond acceptors (Lipinski definition) is 6. The van der Waals surface area contributed by atoms with Crippen LogP contribution in [0.5, 0.6) is 28.7 Å². The lowest BCUT2D eigenvalue weighted by molar-refractivity contribution is 0.333. The lowest BCUT2D eigenvalue weighted by Crippen LogP contribution is -1.97. The number of halogens is 1. The molecule has 0 bridgehead atoms. The third-order valence-electron chi connectivity index (χ3n) is 4.43. The number of rotatable bonds is 6. The molecule has 28 heavy (non-hydrogen) atoms. The van der Waals surface area contributed by atoms with Gasteiger partial charge in [-0.15, -0.1) is 0 Å². The highest BCUT2D eigenvalue weighted by molar-refractivity contribution is 9.10. The molecule has 1 aromatic heterocycles. The molecule has 0 unspecified atom stereocenters. The monoisotopic (exact) mass is 448 g/mol. The van der Waals surface area contributed by atoms with Crippen LogP contribution in [-0.2, 0) is 7.05 Å². The molecule has 0 saturated heterocycles. The number of aromatic hydroxyl groups is 1. The SMILES string of the molecule is COc1cc(-c2ncn(C)c2-c2ccc(OC)c(OC)c2O)cc(OC)c1Br. The van der Waals surface area contributed by atoms with Crippen LogP contribution in [0.25, 0.3) is 22.5 Å². The van der Waals surface area contributed by atoms with Crippen molar-refractivity contribution >= 4 is 15.9 Å². The van der Waals surface area contributed by atoms with Crippen LogP contribution in [0, 0.1) is 0 Å². The van der Waals surface area contributed by atoms with Gasteiger partial charge in [-0.2, -0.15) is 0 Å². The van der Waals surface area contributed by atoms with Gasteiger partial charge in [0.2, 0.25) is 5.75 Å². The maximum absolute atomic E-state index is 10.8. The minimum absolute atomic E-state index is 0.0252. The Balaban J connectivity index is 2.25. The summed E-state index contributed by atoms with van der Waals surface area (Å²) in [6.45, 7) is 0. The van der Waals surface area contributed by atoms with E-state index in [1.807, 2.05) is 23.7 Å². The van der Waals surface area contributed by atoms with Crippen molar-refractivity contribution in [2.45, 2.75) is 0 Å². The normalized spacial score (nSPS) is 10.6. The summed E-state index contributed by atoms with van der Waals surface area (Å²) in [7, 11) is 8.03. The van der Waals surface area contributed by atoms with Gasteiger partial charge >= 0.3 is 0 Å². The second kappa shape index (κ2) is 8.02. The van der Waals surface area contributed by atoms with Gasteiger partial charge in [-0.1, -0.05) is 0 Å². The van der Waals surface area contributed by atoms with Gasteiger partial charge in [0.15, 0.2) is 11.5 Å². The first-order valence-corrected chi connectivity index (χ1v) is 9.13. The first kappa shape index (κ1) is 19.9. The van der Waals surface area contributed by atoms with Gasteiger partial charge in [0, 0.05) is 18.2 Å². The van der Waals surface area contributed by atoms with E-state index >= 15 is 0 Å². The van der Waals surface area contributed by atoms with Crippen molar-refractivity contribution in [3.63, 3.8) is 0 Å². The smallest absolute Gasteiger partial charge is 0.203 e. The molecule has 148 valence electrons. The van der Waals surface area contributed by atoms with Gasteiger partial charge in [-0.3, -0.25) is 0 Å². The van der Waals surface area contributed by atoms with Crippen LogP contribution in [0.1, 0.15) is 0 Å². The van der Waals surface area contributed by atoms with Crippen LogP contribution < -0.4 is 18.9 Å². The van der Waals surface area contributed by atoms with E-state index in [1.165, 1.54) is 14.2 Å². The van der Waals surface area contributed by atoms with Crippen molar-refractivity contribution in [3.8, 4) is 51.3 Å². The molecule has 0 fully saturated rings. The fourth-order valence-electron chi connectivity index (χ4n) is 3.07. The van der Waals surface area contributed by atoms with Crippen molar-refractivity contribution in [1.29, 1.82) is 0 Å². The van der Waals surface area contributed by atoms with Crippen molar-refractivity contribution < 1.29 is 24.1 Å². The molecule has 0 aliphatic carbocycles. The van der Waals surface area contributed by atoms with Crippen LogP contribution in [0.2, 0.25) is 0 Å². The lowest BCUT2D eigenvalue weighted by atomic mass is 10.0. The highest BCUT2D eigenvalue weighted by Gasteiger charge is 2.22. The zero-order valence-corrected chi connectivity index (χ0v) is 17.8. The number of phenolic OH excluding ortho intramolecular Hbond substituents is 1. The number of aromatic nitrogens is 2. The molecule has 0 aliphatic heterocycles. The third-order valence-corrected chi connectivity index (χ3v) is 5.21. The fraction of sp³-hybridized carbons (Fsp3) is 0.250. The summed E-state index contributed by atoms with van der Waals surface area (Å²) in [6.07, 6.45) is 1.68. The van der Waals surface area contributed by atoms with Crippen molar-refractivity contribution in [1.82, 2.24) is 9.55 Å². The molecular weight excluding hydrogens is 428 g/mol. The number of methoxy groups -OCH3 is 4. The van der Waals surface area contributed by atoms with Crippen LogP contribution in [0.4, 0.5) is 0 Å². The summed E-state index contributed by atoms with van der Waals surface area (Å²) < 4.78 is 24.0. The summed E-state index contributed by atoms with van der Waals surface area (Å²) in [5.41, 5.74) is 2.72. The van der Waals surface area contributed by atoms with E-state index in [4.69, 9.17) is 18.9 Å². The number of benzene rings is 2. The van der Waals surface area contributed by atoms with Gasteiger partial charge in [0.05, 0.1) is 46.2 Å². The van der Waals surface area contributed by atoms with Crippen LogP contribution >= 0.6 is 15.9 Å². The van der Waals surface area contributed by atoms with Crippen LogP contribution in [-0.4, -0.2) is 43.1 Å². The molecule has 8 heteroatoms. The summed E-state index contributed by atoms with van der Waals surface area (Å²) in [5, 5.41) is 10.8. The molecule has 2 aromatic carbocycles. The first-order valence-electron chi connectivity index (χ1n) is 8.34. The Morgan fingerprint density at radius 3 is 2.07 bits per heavy atom. The lowest BCUT2D eigenvalue weighted by Gasteiger charge is -2.15. The minimum atomic E-state index is -0.0252. The van der Waals surface area contributed by atoms with Gasteiger partial charge in [0.25, 0.3) is 0 Å². The fourth-order valence-corrected chi connectivity index (χ4v) is 3.62. The second-order valence-corrected chi connectivity index (χ2v) is 6.74. The van der Waals surface area contributed by atoms with E-state index in [-0.39, 0.29) is 11.5 Å². The number of phenols is 1. The zero-order valence-electron chi connectivity index (χ0n) is 16.2. The maximum Gasteiger partial charge on any atom is 0.203 e. The minimum Gasteiger partial charge on any atom is -0.504 e. The number of nitrogens with zero attached hydrogens (tertiary/aromatic N) is 2. The molecule has 1 heterocycles. The molecular formula is C20H21BrN2O5. The molecule has 0 atom stereocenters. The van der Waals surface area contributed by atoms with Crippen molar-refractivity contribution in [2.75, 3.05) is 28.4 Å². The van der Waals surface area contributed by atoms with Gasteiger partial charge < -0.3 is 28.6 Å². The molecule has 0 radical (unpaired) electrons. The molecule has 3 aromatic rings. The number of ether oxygens (including phenoxy) is 4. The zero-order chi connectivity index (χ0) is 20.4. The number of aryl methyl sites for hydroxylation is 1. The largest absolute Gasteiger partial charge is 0.504 e. The van der Waals surface area contributed by atoms with Gasteiger partial charge in [-0.25, -0.2) is 4.98 Å². The average molecular weight is 449 g/mol. The summed E-state index contributed by atoms with van der Waals surface area (Å²) in [4.78, 5) is 4.54. The third kappa shape index (κ3) is 3.24. The Bertz CT molecular complexity index is 991. The molecule has 3 rings (SSSR count). The summed E-state index contributed by atoms with van der Waals surface area (Å²) >= 11 is 3.48. The molecule has 0 aliphatic rings. The van der Waals surface area contributed by atoms with E-state index < -0.39 is 0 Å². The Labute approximate surface area is 171 Å². The summed E-state index contributed by atoms with van der Waals surface area (Å²) in [5.74, 6) is 1.91. The van der Waals surface area contributed by atoms with E-state index in [2.05, 4.69) is 20.9 Å². The Morgan fingerprint density at radius 2 is 1.54 bits per heavy atom. The average Bonchev–Trinajstić information content (AvgIpc) is 3.09. The predicted octanol–water partition coefficient (Wildman–Crippen LogP) is 4.26.